The molecule has 0 atom stereocenters. The zero-order valence-corrected chi connectivity index (χ0v) is 18.0. The van der Waals surface area contributed by atoms with Gasteiger partial charge < -0.3 is 14.8 Å². The molecule has 0 fully saturated rings. The number of esters is 1. The van der Waals surface area contributed by atoms with Crippen LogP contribution in [0.3, 0.4) is 0 Å². The number of amides is 1. The maximum absolute atomic E-state index is 12.8. The number of benzene rings is 2. The minimum absolute atomic E-state index is 0.133. The monoisotopic (exact) mass is 473 g/mol. The Morgan fingerprint density at radius 1 is 1.03 bits per heavy atom. The molecule has 1 aromatic heterocycles. The standard InChI is InChI=1S/C21H20BrN3O5/c1-14-20(21(28)25(24(14)2)16-6-4-3-5-7-16)23-18(26)12-30-19(27)13-29-17-10-8-15(22)9-11-17/h3-11H,12-13H2,1-2H3,(H,23,26). The molecule has 0 unspecified atom stereocenters. The summed E-state index contributed by atoms with van der Waals surface area (Å²) in [5, 5.41) is 2.53. The van der Waals surface area contributed by atoms with Crippen molar-refractivity contribution >= 4 is 33.5 Å². The molecule has 3 aromatic rings. The fourth-order valence-corrected chi connectivity index (χ4v) is 3.01. The largest absolute Gasteiger partial charge is 0.482 e. The van der Waals surface area contributed by atoms with E-state index >= 15 is 0 Å². The van der Waals surface area contributed by atoms with Crippen LogP contribution in [-0.4, -0.2) is 34.5 Å². The van der Waals surface area contributed by atoms with Gasteiger partial charge in [-0.15, -0.1) is 0 Å². The van der Waals surface area contributed by atoms with Crippen LogP contribution in [0.1, 0.15) is 5.69 Å². The molecule has 0 spiro atoms. The molecule has 0 aliphatic heterocycles. The van der Waals surface area contributed by atoms with Crippen LogP contribution in [0.2, 0.25) is 0 Å². The molecule has 0 saturated carbocycles. The molecule has 2 aromatic carbocycles. The number of anilines is 1. The number of hydrogen-bond donors (Lipinski definition) is 1. The third kappa shape index (κ3) is 4.98. The molecule has 1 N–H and O–H groups in total. The number of nitrogens with one attached hydrogen (secondary N) is 1. The molecule has 3 rings (SSSR count). The third-order valence-electron chi connectivity index (χ3n) is 4.35. The first-order chi connectivity index (χ1) is 14.4. The van der Waals surface area contributed by atoms with E-state index in [4.69, 9.17) is 9.47 Å². The van der Waals surface area contributed by atoms with Gasteiger partial charge in [-0.3, -0.25) is 14.3 Å². The van der Waals surface area contributed by atoms with Crippen molar-refractivity contribution in [3.8, 4) is 11.4 Å². The average Bonchev–Trinajstić information content (AvgIpc) is 2.95. The summed E-state index contributed by atoms with van der Waals surface area (Å²) < 4.78 is 14.2. The van der Waals surface area contributed by atoms with Crippen LogP contribution in [0.5, 0.6) is 5.75 Å². The normalized spacial score (nSPS) is 10.5. The topological polar surface area (TPSA) is 91.6 Å². The minimum atomic E-state index is -0.695. The minimum Gasteiger partial charge on any atom is -0.482 e. The average molecular weight is 474 g/mol. The van der Waals surface area contributed by atoms with E-state index in [9.17, 15) is 14.4 Å². The van der Waals surface area contributed by atoms with Crippen LogP contribution in [-0.2, 0) is 21.4 Å². The zero-order valence-electron chi connectivity index (χ0n) is 16.4. The number of halogens is 1. The molecule has 0 bridgehead atoms. The highest BCUT2D eigenvalue weighted by Crippen LogP contribution is 2.16. The van der Waals surface area contributed by atoms with Crippen molar-refractivity contribution in [3.05, 3.63) is 75.1 Å². The van der Waals surface area contributed by atoms with Crippen molar-refractivity contribution in [2.45, 2.75) is 6.92 Å². The van der Waals surface area contributed by atoms with Crippen molar-refractivity contribution in [1.29, 1.82) is 0 Å². The molecule has 0 aliphatic carbocycles. The van der Waals surface area contributed by atoms with Crippen LogP contribution in [0.25, 0.3) is 5.69 Å². The van der Waals surface area contributed by atoms with Gasteiger partial charge in [-0.1, -0.05) is 34.1 Å². The van der Waals surface area contributed by atoms with Crippen molar-refractivity contribution in [3.63, 3.8) is 0 Å². The summed E-state index contributed by atoms with van der Waals surface area (Å²) in [6.45, 7) is 0.857. The summed E-state index contributed by atoms with van der Waals surface area (Å²) in [6.07, 6.45) is 0. The summed E-state index contributed by atoms with van der Waals surface area (Å²) >= 11 is 3.31. The van der Waals surface area contributed by atoms with Gasteiger partial charge in [0, 0.05) is 11.5 Å². The number of para-hydroxylation sites is 1. The summed E-state index contributed by atoms with van der Waals surface area (Å²) in [4.78, 5) is 36.8. The predicted octanol–water partition coefficient (Wildman–Crippen LogP) is 2.81. The van der Waals surface area contributed by atoms with Gasteiger partial charge in [0.15, 0.2) is 13.2 Å². The molecule has 0 radical (unpaired) electrons. The quantitative estimate of drug-likeness (QED) is 0.532. The first kappa shape index (κ1) is 21.4. The number of rotatable bonds is 7. The summed E-state index contributed by atoms with van der Waals surface area (Å²) in [7, 11) is 1.72. The molecule has 0 aliphatic rings. The second kappa shape index (κ2) is 9.45. The Bertz CT molecular complexity index is 1100. The maximum atomic E-state index is 12.8. The Morgan fingerprint density at radius 2 is 1.70 bits per heavy atom. The van der Waals surface area contributed by atoms with Crippen molar-refractivity contribution in [2.24, 2.45) is 7.05 Å². The third-order valence-corrected chi connectivity index (χ3v) is 4.88. The van der Waals surface area contributed by atoms with Crippen molar-refractivity contribution < 1.29 is 19.1 Å². The van der Waals surface area contributed by atoms with Crippen LogP contribution in [0.15, 0.2) is 63.9 Å². The summed E-state index contributed by atoms with van der Waals surface area (Å²) in [6, 6.07) is 16.0. The highest BCUT2D eigenvalue weighted by molar-refractivity contribution is 9.10. The van der Waals surface area contributed by atoms with Gasteiger partial charge in [-0.2, -0.15) is 0 Å². The molecule has 30 heavy (non-hydrogen) atoms. The number of carbonyl (C=O) groups excluding carboxylic acids is 2. The lowest BCUT2D eigenvalue weighted by Gasteiger charge is -2.08. The first-order valence-electron chi connectivity index (χ1n) is 9.04. The molecule has 8 nitrogen and oxygen atoms in total. The first-order valence-corrected chi connectivity index (χ1v) is 9.84. The van der Waals surface area contributed by atoms with Gasteiger partial charge >= 0.3 is 5.97 Å². The van der Waals surface area contributed by atoms with E-state index in [0.717, 1.165) is 4.47 Å². The highest BCUT2D eigenvalue weighted by Gasteiger charge is 2.18. The second-order valence-electron chi connectivity index (χ2n) is 6.39. The smallest absolute Gasteiger partial charge is 0.344 e. The summed E-state index contributed by atoms with van der Waals surface area (Å²) in [5.41, 5.74) is 1.00. The number of nitrogens with zero attached hydrogens (tertiary/aromatic N) is 2. The number of carbonyl (C=O) groups is 2. The second-order valence-corrected chi connectivity index (χ2v) is 7.30. The van der Waals surface area contributed by atoms with Crippen LogP contribution >= 0.6 is 15.9 Å². The van der Waals surface area contributed by atoms with Crippen LogP contribution in [0, 0.1) is 6.92 Å². The van der Waals surface area contributed by atoms with E-state index in [2.05, 4.69) is 21.2 Å². The van der Waals surface area contributed by atoms with Gasteiger partial charge in [-0.25, -0.2) is 9.48 Å². The van der Waals surface area contributed by atoms with E-state index < -0.39 is 18.5 Å². The van der Waals surface area contributed by atoms with Gasteiger partial charge in [0.2, 0.25) is 0 Å². The molecule has 9 heteroatoms. The van der Waals surface area contributed by atoms with Crippen LogP contribution < -0.4 is 15.6 Å². The Hall–Kier alpha value is -3.33. The van der Waals surface area contributed by atoms with Gasteiger partial charge in [0.05, 0.1) is 11.4 Å². The van der Waals surface area contributed by atoms with Crippen molar-refractivity contribution in [2.75, 3.05) is 18.5 Å². The van der Waals surface area contributed by atoms with E-state index in [1.807, 2.05) is 18.2 Å². The predicted molar refractivity (Wildman–Crippen MR) is 115 cm³/mol. The lowest BCUT2D eigenvalue weighted by molar-refractivity contribution is -0.149. The fourth-order valence-electron chi connectivity index (χ4n) is 2.75. The lowest BCUT2D eigenvalue weighted by atomic mass is 10.3. The molecule has 156 valence electrons. The van der Waals surface area contributed by atoms with Gasteiger partial charge in [-0.05, 0) is 43.3 Å². The maximum Gasteiger partial charge on any atom is 0.344 e. The van der Waals surface area contributed by atoms with Crippen LogP contribution in [0.4, 0.5) is 5.69 Å². The van der Waals surface area contributed by atoms with Gasteiger partial charge in [0.25, 0.3) is 11.5 Å². The van der Waals surface area contributed by atoms with Crippen molar-refractivity contribution in [1.82, 2.24) is 9.36 Å². The van der Waals surface area contributed by atoms with E-state index in [0.29, 0.717) is 17.1 Å². The Morgan fingerprint density at radius 3 is 2.37 bits per heavy atom. The number of aromatic nitrogens is 2. The Labute approximate surface area is 181 Å². The molecular formula is C21H20BrN3O5. The Balaban J connectivity index is 1.58. The fraction of sp³-hybridized carbons (Fsp3) is 0.190. The highest BCUT2D eigenvalue weighted by atomic mass is 79.9. The molecule has 1 amide bonds. The van der Waals surface area contributed by atoms with E-state index in [-0.39, 0.29) is 17.9 Å². The molecular weight excluding hydrogens is 454 g/mol. The Kier molecular flexibility index (Phi) is 6.73. The van der Waals surface area contributed by atoms with Gasteiger partial charge in [0.1, 0.15) is 11.4 Å². The summed E-state index contributed by atoms with van der Waals surface area (Å²) in [5.74, 6) is -0.807. The van der Waals surface area contributed by atoms with E-state index in [1.165, 1.54) is 4.68 Å². The number of ether oxygens (including phenoxy) is 2. The van der Waals surface area contributed by atoms with E-state index in [1.54, 1.807) is 55.1 Å². The zero-order chi connectivity index (χ0) is 21.7. The molecule has 1 heterocycles. The SMILES string of the molecule is Cc1c(NC(=O)COC(=O)COc2ccc(Br)cc2)c(=O)n(-c2ccccc2)n1C. The lowest BCUT2D eigenvalue weighted by Crippen LogP contribution is -2.27. The number of hydrogen-bond acceptors (Lipinski definition) is 5. The molecule has 0 saturated heterocycles.